The van der Waals surface area contributed by atoms with Crippen molar-refractivity contribution in [3.8, 4) is 0 Å². The van der Waals surface area contributed by atoms with Crippen molar-refractivity contribution in [2.75, 3.05) is 52.9 Å². The Morgan fingerprint density at radius 2 is 1.29 bits per heavy atom. The minimum absolute atomic E-state index is 0.823. The van der Waals surface area contributed by atoms with Crippen LogP contribution in [0.15, 0.2) is 0 Å². The van der Waals surface area contributed by atoms with Crippen LogP contribution in [0.3, 0.4) is 0 Å². The Morgan fingerprint density at radius 1 is 0.667 bits per heavy atom. The van der Waals surface area contributed by atoms with Crippen molar-refractivity contribution in [3.63, 3.8) is 0 Å². The highest BCUT2D eigenvalue weighted by atomic mass is 15.3. The van der Waals surface area contributed by atoms with Gasteiger partial charge in [-0.3, -0.25) is 4.90 Å². The van der Waals surface area contributed by atoms with E-state index in [0.29, 0.717) is 0 Å². The van der Waals surface area contributed by atoms with Gasteiger partial charge >= 0.3 is 0 Å². The average molecular weight is 293 g/mol. The van der Waals surface area contributed by atoms with E-state index in [2.05, 4.69) is 21.7 Å². The molecule has 1 unspecified atom stereocenters. The van der Waals surface area contributed by atoms with Crippen LogP contribution in [0.4, 0.5) is 0 Å². The fourth-order valence-electron chi connectivity index (χ4n) is 4.56. The number of hydrogen-bond acceptors (Lipinski definition) is 3. The molecule has 3 aliphatic rings. The molecule has 1 aliphatic carbocycles. The lowest BCUT2D eigenvalue weighted by atomic mass is 9.89. The van der Waals surface area contributed by atoms with E-state index in [1.807, 2.05) is 0 Å². The van der Waals surface area contributed by atoms with Crippen molar-refractivity contribution in [3.05, 3.63) is 0 Å². The first-order valence-electron chi connectivity index (χ1n) is 9.46. The normalized spacial score (nSPS) is 31.6. The van der Waals surface area contributed by atoms with Crippen molar-refractivity contribution in [2.24, 2.45) is 5.92 Å². The molecule has 0 amide bonds. The zero-order chi connectivity index (χ0) is 14.5. The van der Waals surface area contributed by atoms with Gasteiger partial charge in [0.05, 0.1) is 0 Å². The molecule has 3 fully saturated rings. The third kappa shape index (κ3) is 4.67. The van der Waals surface area contributed by atoms with Gasteiger partial charge in [0.25, 0.3) is 0 Å². The van der Waals surface area contributed by atoms with Crippen LogP contribution in [0.25, 0.3) is 0 Å². The molecule has 0 aromatic rings. The predicted molar refractivity (Wildman–Crippen MR) is 89.7 cm³/mol. The Balaban J connectivity index is 1.36. The van der Waals surface area contributed by atoms with E-state index < -0.39 is 0 Å². The molecule has 3 nitrogen and oxygen atoms in total. The second-order valence-electron chi connectivity index (χ2n) is 7.74. The number of piperidine rings is 1. The van der Waals surface area contributed by atoms with Crippen LogP contribution in [0.1, 0.15) is 51.4 Å². The van der Waals surface area contributed by atoms with Gasteiger partial charge in [0.15, 0.2) is 0 Å². The average Bonchev–Trinajstić information content (AvgIpc) is 2.52. The zero-order valence-corrected chi connectivity index (χ0v) is 14.1. The van der Waals surface area contributed by atoms with E-state index in [-0.39, 0.29) is 0 Å². The first-order chi connectivity index (χ1) is 10.3. The van der Waals surface area contributed by atoms with Crippen LogP contribution in [-0.2, 0) is 0 Å². The quantitative estimate of drug-likeness (QED) is 0.789. The highest BCUT2D eigenvalue weighted by Gasteiger charge is 2.25. The standard InChI is InChI=1S/C18H35N3/c1-19-10-6-5-9-18(19)16-21-13-11-20(12-14-21)15-17-7-3-2-4-8-17/h17-18H,2-16H2,1H3. The van der Waals surface area contributed by atoms with Crippen LogP contribution in [-0.4, -0.2) is 73.6 Å². The summed E-state index contributed by atoms with van der Waals surface area (Å²) in [5.41, 5.74) is 0. The first kappa shape index (κ1) is 15.8. The van der Waals surface area contributed by atoms with Crippen LogP contribution in [0.2, 0.25) is 0 Å². The predicted octanol–water partition coefficient (Wildman–Crippen LogP) is 2.67. The maximum absolute atomic E-state index is 2.75. The highest BCUT2D eigenvalue weighted by molar-refractivity contribution is 4.81. The van der Waals surface area contributed by atoms with Crippen molar-refractivity contribution in [1.82, 2.24) is 14.7 Å². The molecule has 0 radical (unpaired) electrons. The summed E-state index contributed by atoms with van der Waals surface area (Å²) in [6.45, 7) is 9.24. The van der Waals surface area contributed by atoms with Gasteiger partial charge in [0.1, 0.15) is 0 Å². The van der Waals surface area contributed by atoms with Gasteiger partial charge in [-0.05, 0) is 45.2 Å². The van der Waals surface area contributed by atoms with Crippen LogP contribution < -0.4 is 0 Å². The lowest BCUT2D eigenvalue weighted by Crippen LogP contribution is -2.52. The summed E-state index contributed by atoms with van der Waals surface area (Å²) in [7, 11) is 2.32. The minimum atomic E-state index is 0.823. The maximum Gasteiger partial charge on any atom is 0.0220 e. The lowest BCUT2D eigenvalue weighted by Gasteiger charge is -2.41. The smallest absolute Gasteiger partial charge is 0.0220 e. The SMILES string of the molecule is CN1CCCCC1CN1CCN(CC2CCCCC2)CC1. The van der Waals surface area contributed by atoms with Crippen molar-refractivity contribution < 1.29 is 0 Å². The molecule has 2 aliphatic heterocycles. The molecule has 1 saturated carbocycles. The number of nitrogens with zero attached hydrogens (tertiary/aromatic N) is 3. The summed E-state index contributed by atoms with van der Waals surface area (Å²) in [4.78, 5) is 8.07. The Morgan fingerprint density at radius 3 is 1.95 bits per heavy atom. The largest absolute Gasteiger partial charge is 0.302 e. The zero-order valence-electron chi connectivity index (χ0n) is 14.1. The first-order valence-corrected chi connectivity index (χ1v) is 9.46. The Labute approximate surface area is 131 Å². The molecule has 0 spiro atoms. The topological polar surface area (TPSA) is 9.72 Å². The third-order valence-electron chi connectivity index (χ3n) is 6.10. The molecule has 3 rings (SSSR count). The fraction of sp³-hybridized carbons (Fsp3) is 1.00. The molecule has 3 heteroatoms. The Kier molecular flexibility index (Phi) is 5.96. The van der Waals surface area contributed by atoms with Gasteiger partial charge in [-0.2, -0.15) is 0 Å². The van der Waals surface area contributed by atoms with Crippen molar-refractivity contribution >= 4 is 0 Å². The van der Waals surface area contributed by atoms with Crippen LogP contribution >= 0.6 is 0 Å². The monoisotopic (exact) mass is 293 g/mol. The summed E-state index contributed by atoms with van der Waals surface area (Å²) in [6.07, 6.45) is 11.7. The van der Waals surface area contributed by atoms with Crippen molar-refractivity contribution in [2.45, 2.75) is 57.4 Å². The number of hydrogen-bond donors (Lipinski definition) is 0. The number of likely N-dealkylation sites (N-methyl/N-ethyl adjacent to an activating group) is 1. The minimum Gasteiger partial charge on any atom is -0.302 e. The summed E-state index contributed by atoms with van der Waals surface area (Å²) < 4.78 is 0. The molecule has 122 valence electrons. The van der Waals surface area contributed by atoms with E-state index in [1.54, 1.807) is 0 Å². The molecule has 2 saturated heterocycles. The number of piperazine rings is 1. The molecular formula is C18H35N3. The molecule has 0 N–H and O–H groups in total. The summed E-state index contributed by atoms with van der Waals surface area (Å²) in [6, 6.07) is 0.823. The van der Waals surface area contributed by atoms with E-state index >= 15 is 0 Å². The molecule has 2 heterocycles. The summed E-state index contributed by atoms with van der Waals surface area (Å²) in [5.74, 6) is 1.01. The van der Waals surface area contributed by atoms with Gasteiger partial charge in [0.2, 0.25) is 0 Å². The molecular weight excluding hydrogens is 258 g/mol. The Hall–Kier alpha value is -0.120. The molecule has 0 bridgehead atoms. The van der Waals surface area contributed by atoms with E-state index in [0.717, 1.165) is 12.0 Å². The fourth-order valence-corrected chi connectivity index (χ4v) is 4.56. The van der Waals surface area contributed by atoms with Crippen LogP contribution in [0, 0.1) is 5.92 Å². The summed E-state index contributed by atoms with van der Waals surface area (Å²) >= 11 is 0. The van der Waals surface area contributed by atoms with E-state index in [1.165, 1.54) is 97.2 Å². The maximum atomic E-state index is 2.75. The van der Waals surface area contributed by atoms with E-state index in [4.69, 9.17) is 0 Å². The second-order valence-corrected chi connectivity index (χ2v) is 7.74. The molecule has 21 heavy (non-hydrogen) atoms. The lowest BCUT2D eigenvalue weighted by molar-refractivity contribution is 0.0746. The van der Waals surface area contributed by atoms with Gasteiger partial charge in [-0.1, -0.05) is 25.7 Å². The Bertz CT molecular complexity index is 293. The van der Waals surface area contributed by atoms with Gasteiger partial charge < -0.3 is 9.80 Å². The number of rotatable bonds is 4. The van der Waals surface area contributed by atoms with Gasteiger partial charge in [-0.15, -0.1) is 0 Å². The number of likely N-dealkylation sites (tertiary alicyclic amines) is 1. The van der Waals surface area contributed by atoms with Gasteiger partial charge in [-0.25, -0.2) is 0 Å². The third-order valence-corrected chi connectivity index (χ3v) is 6.10. The highest BCUT2D eigenvalue weighted by Crippen LogP contribution is 2.25. The van der Waals surface area contributed by atoms with Gasteiger partial charge in [0, 0.05) is 45.3 Å². The van der Waals surface area contributed by atoms with Crippen molar-refractivity contribution in [1.29, 1.82) is 0 Å². The molecule has 0 aromatic heterocycles. The van der Waals surface area contributed by atoms with E-state index in [9.17, 15) is 0 Å². The second kappa shape index (κ2) is 7.94. The molecule has 0 aromatic carbocycles. The molecule has 1 atom stereocenters. The van der Waals surface area contributed by atoms with Crippen LogP contribution in [0.5, 0.6) is 0 Å². The summed E-state index contributed by atoms with van der Waals surface area (Å²) in [5, 5.41) is 0.